The highest BCUT2D eigenvalue weighted by Crippen LogP contribution is 2.22. The van der Waals surface area contributed by atoms with Gasteiger partial charge >= 0.3 is 0 Å². The Balaban J connectivity index is 2.05. The van der Waals surface area contributed by atoms with Crippen molar-refractivity contribution in [3.8, 4) is 0 Å². The standard InChI is InChI=1S/C13H22N4O/c1-3-16(2)13(18)9-17-10-14-8-12(17)11-6-4-5-7-15-11/h8,10-11,15H,3-7,9H2,1-2H3. The lowest BCUT2D eigenvalue weighted by Gasteiger charge is -2.25. The maximum absolute atomic E-state index is 11.9. The molecule has 0 bridgehead atoms. The molecule has 1 saturated heterocycles. The molecule has 0 radical (unpaired) electrons. The molecular formula is C13H22N4O. The number of likely N-dealkylation sites (N-methyl/N-ethyl adjacent to an activating group) is 1. The number of aromatic nitrogens is 2. The quantitative estimate of drug-likeness (QED) is 0.873. The van der Waals surface area contributed by atoms with Crippen LogP contribution in [0.2, 0.25) is 0 Å². The Hall–Kier alpha value is -1.36. The van der Waals surface area contributed by atoms with E-state index < -0.39 is 0 Å². The highest BCUT2D eigenvalue weighted by atomic mass is 16.2. The number of imidazole rings is 1. The van der Waals surface area contributed by atoms with Crippen molar-refractivity contribution in [2.45, 2.75) is 38.8 Å². The zero-order valence-corrected chi connectivity index (χ0v) is 11.2. The molecule has 5 nitrogen and oxygen atoms in total. The Morgan fingerprint density at radius 3 is 3.11 bits per heavy atom. The van der Waals surface area contributed by atoms with Crippen molar-refractivity contribution < 1.29 is 4.79 Å². The first-order valence-corrected chi connectivity index (χ1v) is 6.69. The summed E-state index contributed by atoms with van der Waals surface area (Å²) < 4.78 is 1.97. The van der Waals surface area contributed by atoms with Crippen molar-refractivity contribution in [1.82, 2.24) is 19.8 Å². The summed E-state index contributed by atoms with van der Waals surface area (Å²) in [7, 11) is 1.83. The van der Waals surface area contributed by atoms with Gasteiger partial charge < -0.3 is 14.8 Å². The van der Waals surface area contributed by atoms with Gasteiger partial charge in [0.1, 0.15) is 6.54 Å². The number of carbonyl (C=O) groups excluding carboxylic acids is 1. The monoisotopic (exact) mass is 250 g/mol. The van der Waals surface area contributed by atoms with Crippen LogP contribution >= 0.6 is 0 Å². The predicted octanol–water partition coefficient (Wildman–Crippen LogP) is 1.18. The minimum Gasteiger partial charge on any atom is -0.344 e. The Kier molecular flexibility index (Phi) is 4.36. The van der Waals surface area contributed by atoms with Gasteiger partial charge in [-0.3, -0.25) is 4.79 Å². The van der Waals surface area contributed by atoms with E-state index in [1.165, 1.54) is 12.8 Å². The van der Waals surface area contributed by atoms with Gasteiger partial charge in [0.05, 0.1) is 12.0 Å². The zero-order valence-electron chi connectivity index (χ0n) is 11.2. The molecule has 100 valence electrons. The van der Waals surface area contributed by atoms with Gasteiger partial charge in [0.15, 0.2) is 0 Å². The average Bonchev–Trinajstić information content (AvgIpc) is 2.86. The largest absolute Gasteiger partial charge is 0.344 e. The van der Waals surface area contributed by atoms with E-state index in [2.05, 4.69) is 10.3 Å². The van der Waals surface area contributed by atoms with Gasteiger partial charge in [-0.15, -0.1) is 0 Å². The maximum Gasteiger partial charge on any atom is 0.242 e. The van der Waals surface area contributed by atoms with Gasteiger partial charge in [0.2, 0.25) is 5.91 Å². The average molecular weight is 250 g/mol. The van der Waals surface area contributed by atoms with Crippen LogP contribution < -0.4 is 5.32 Å². The number of piperidine rings is 1. The summed E-state index contributed by atoms with van der Waals surface area (Å²) >= 11 is 0. The van der Waals surface area contributed by atoms with Crippen molar-refractivity contribution in [2.75, 3.05) is 20.1 Å². The van der Waals surface area contributed by atoms with Crippen molar-refractivity contribution in [2.24, 2.45) is 0 Å². The molecule has 18 heavy (non-hydrogen) atoms. The van der Waals surface area contributed by atoms with E-state index in [4.69, 9.17) is 0 Å². The summed E-state index contributed by atoms with van der Waals surface area (Å²) in [6.07, 6.45) is 7.24. The van der Waals surface area contributed by atoms with Crippen LogP contribution in [0.15, 0.2) is 12.5 Å². The molecule has 0 saturated carbocycles. The SMILES string of the molecule is CCN(C)C(=O)Cn1cncc1C1CCCCN1. The fourth-order valence-electron chi connectivity index (χ4n) is 2.30. The molecule has 1 aromatic rings. The fourth-order valence-corrected chi connectivity index (χ4v) is 2.30. The van der Waals surface area contributed by atoms with Gasteiger partial charge in [-0.2, -0.15) is 0 Å². The molecule has 0 aliphatic carbocycles. The lowest BCUT2D eigenvalue weighted by atomic mass is 10.0. The molecule has 1 aliphatic rings. The first-order valence-electron chi connectivity index (χ1n) is 6.69. The molecule has 1 N–H and O–H groups in total. The molecule has 0 aromatic carbocycles. The molecular weight excluding hydrogens is 228 g/mol. The third kappa shape index (κ3) is 2.90. The summed E-state index contributed by atoms with van der Waals surface area (Å²) in [5, 5.41) is 3.49. The van der Waals surface area contributed by atoms with Crippen molar-refractivity contribution in [3.05, 3.63) is 18.2 Å². The van der Waals surface area contributed by atoms with Gasteiger partial charge in [-0.25, -0.2) is 4.98 Å². The Morgan fingerprint density at radius 2 is 2.44 bits per heavy atom. The second-order valence-electron chi connectivity index (χ2n) is 4.86. The smallest absolute Gasteiger partial charge is 0.242 e. The molecule has 2 heterocycles. The van der Waals surface area contributed by atoms with Gasteiger partial charge in [-0.1, -0.05) is 6.42 Å². The minimum atomic E-state index is 0.132. The van der Waals surface area contributed by atoms with E-state index in [9.17, 15) is 4.79 Å². The van der Waals surface area contributed by atoms with Gasteiger partial charge in [0, 0.05) is 25.8 Å². The van der Waals surface area contributed by atoms with Crippen LogP contribution in [-0.4, -0.2) is 40.5 Å². The second kappa shape index (κ2) is 6.00. The van der Waals surface area contributed by atoms with Crippen molar-refractivity contribution in [1.29, 1.82) is 0 Å². The van der Waals surface area contributed by atoms with Crippen LogP contribution in [-0.2, 0) is 11.3 Å². The first kappa shape index (κ1) is 13.1. The lowest BCUT2D eigenvalue weighted by molar-refractivity contribution is -0.130. The molecule has 1 unspecified atom stereocenters. The summed E-state index contributed by atoms with van der Waals surface area (Å²) in [5.41, 5.74) is 1.13. The molecule has 1 amide bonds. The molecule has 1 aromatic heterocycles. The van der Waals surface area contributed by atoms with Crippen LogP contribution in [0.3, 0.4) is 0 Å². The maximum atomic E-state index is 11.9. The van der Waals surface area contributed by atoms with Crippen molar-refractivity contribution >= 4 is 5.91 Å². The van der Waals surface area contributed by atoms with E-state index >= 15 is 0 Å². The Morgan fingerprint density at radius 1 is 1.61 bits per heavy atom. The molecule has 1 fully saturated rings. The van der Waals surface area contributed by atoms with Crippen LogP contribution in [0.5, 0.6) is 0 Å². The summed E-state index contributed by atoms with van der Waals surface area (Å²) in [4.78, 5) is 17.9. The number of nitrogens with zero attached hydrogens (tertiary/aromatic N) is 3. The number of hydrogen-bond donors (Lipinski definition) is 1. The predicted molar refractivity (Wildman–Crippen MR) is 70.1 cm³/mol. The van der Waals surface area contributed by atoms with Gasteiger partial charge in [0.25, 0.3) is 0 Å². The fraction of sp³-hybridized carbons (Fsp3) is 0.692. The van der Waals surface area contributed by atoms with E-state index in [-0.39, 0.29) is 5.91 Å². The van der Waals surface area contributed by atoms with E-state index in [0.717, 1.165) is 25.2 Å². The van der Waals surface area contributed by atoms with Crippen LogP contribution in [0.4, 0.5) is 0 Å². The molecule has 5 heteroatoms. The van der Waals surface area contributed by atoms with E-state index in [1.54, 1.807) is 11.2 Å². The molecule has 1 atom stereocenters. The third-order valence-electron chi connectivity index (χ3n) is 3.62. The van der Waals surface area contributed by atoms with Crippen LogP contribution in [0, 0.1) is 0 Å². The third-order valence-corrected chi connectivity index (χ3v) is 3.62. The van der Waals surface area contributed by atoms with Gasteiger partial charge in [-0.05, 0) is 26.3 Å². The molecule has 0 spiro atoms. The molecule has 1 aliphatic heterocycles. The Bertz CT molecular complexity index is 395. The number of rotatable bonds is 4. The summed E-state index contributed by atoms with van der Waals surface area (Å²) in [5.74, 6) is 0.132. The minimum absolute atomic E-state index is 0.132. The van der Waals surface area contributed by atoms with Crippen LogP contribution in [0.25, 0.3) is 0 Å². The number of carbonyl (C=O) groups is 1. The molecule has 2 rings (SSSR count). The lowest BCUT2D eigenvalue weighted by Crippen LogP contribution is -2.32. The van der Waals surface area contributed by atoms with E-state index in [1.807, 2.05) is 24.7 Å². The number of amides is 1. The van der Waals surface area contributed by atoms with E-state index in [0.29, 0.717) is 12.6 Å². The summed E-state index contributed by atoms with van der Waals surface area (Å²) in [6, 6.07) is 0.348. The highest BCUT2D eigenvalue weighted by molar-refractivity contribution is 5.75. The summed E-state index contributed by atoms with van der Waals surface area (Å²) in [6.45, 7) is 4.16. The number of nitrogens with one attached hydrogen (secondary N) is 1. The van der Waals surface area contributed by atoms with Crippen LogP contribution in [0.1, 0.15) is 37.9 Å². The Labute approximate surface area is 108 Å². The normalized spacial score (nSPS) is 19.8. The van der Waals surface area contributed by atoms with Crippen molar-refractivity contribution in [3.63, 3.8) is 0 Å². The second-order valence-corrected chi connectivity index (χ2v) is 4.86. The number of hydrogen-bond acceptors (Lipinski definition) is 3. The zero-order chi connectivity index (χ0) is 13.0. The topological polar surface area (TPSA) is 50.2 Å². The highest BCUT2D eigenvalue weighted by Gasteiger charge is 2.19. The first-order chi connectivity index (χ1) is 8.72.